The Balaban J connectivity index is 1.94. The van der Waals surface area contributed by atoms with Crippen molar-refractivity contribution in [3.63, 3.8) is 0 Å². The number of hydrogen-bond acceptors (Lipinski definition) is 5. The van der Waals surface area contributed by atoms with Crippen molar-refractivity contribution in [1.29, 1.82) is 0 Å². The lowest BCUT2D eigenvalue weighted by molar-refractivity contribution is -0.246. The van der Waals surface area contributed by atoms with Crippen LogP contribution in [0.2, 0.25) is 0 Å². The molecular formula is C35H54O5. The Bertz CT molecular complexity index is 1210. The first-order valence-corrected chi connectivity index (χ1v) is 15.1. The SMILES string of the molecule is C=C(C=CC(C)(C)C)C(C)(O)C1(C)CCC2(C)C1(C)CC(=O)C1(CO)C3(C)CC(=O)C(O)C(C)(C)C3=CCC21C. The van der Waals surface area contributed by atoms with Gasteiger partial charge in [-0.3, -0.25) is 9.59 Å². The van der Waals surface area contributed by atoms with Crippen molar-refractivity contribution in [2.75, 3.05) is 6.61 Å². The molecule has 4 aliphatic carbocycles. The standard InChI is InChI=1S/C35H54O5/c1-22(13-15-27(2,3)4)34(12,40)31(9)18-17-30(8)32(10)16-14-24-28(5,6)26(39)23(37)19-29(24,7)35(32,21-36)25(38)20-33(30,31)11/h13-15,26,36,39-40H,1,16-21H2,2-12H3. The van der Waals surface area contributed by atoms with E-state index in [4.69, 9.17) is 0 Å². The Hall–Kier alpha value is -1.56. The van der Waals surface area contributed by atoms with Gasteiger partial charge < -0.3 is 15.3 Å². The second-order valence-corrected chi connectivity index (χ2v) is 16.7. The predicted octanol–water partition coefficient (Wildman–Crippen LogP) is 6.36. The van der Waals surface area contributed by atoms with E-state index in [1.165, 1.54) is 0 Å². The minimum absolute atomic E-state index is 0.0293. The van der Waals surface area contributed by atoms with Crippen molar-refractivity contribution >= 4 is 11.6 Å². The Morgan fingerprint density at radius 3 is 2.08 bits per heavy atom. The van der Waals surface area contributed by atoms with E-state index in [2.05, 4.69) is 67.2 Å². The second kappa shape index (κ2) is 8.51. The number of rotatable bonds is 4. The van der Waals surface area contributed by atoms with Gasteiger partial charge in [0.1, 0.15) is 11.9 Å². The molecule has 3 saturated carbocycles. The maximum absolute atomic E-state index is 14.9. The third-order valence-corrected chi connectivity index (χ3v) is 13.9. The van der Waals surface area contributed by atoms with Crippen molar-refractivity contribution in [2.45, 2.75) is 120 Å². The molecule has 0 aromatic heterocycles. The molecule has 4 aliphatic rings. The quantitative estimate of drug-likeness (QED) is 0.278. The highest BCUT2D eigenvalue weighted by atomic mass is 16.3. The summed E-state index contributed by atoms with van der Waals surface area (Å²) < 4.78 is 0. The fourth-order valence-corrected chi connectivity index (χ4v) is 10.6. The minimum atomic E-state index is -1.27. The lowest BCUT2D eigenvalue weighted by atomic mass is 9.28. The highest BCUT2D eigenvalue weighted by Gasteiger charge is 2.82. The molecule has 224 valence electrons. The summed E-state index contributed by atoms with van der Waals surface area (Å²) in [4.78, 5) is 28.2. The number of carbonyl (C=O) groups excluding carboxylic acids is 2. The van der Waals surface area contributed by atoms with E-state index in [-0.39, 0.29) is 36.4 Å². The molecule has 8 unspecified atom stereocenters. The van der Waals surface area contributed by atoms with Crippen LogP contribution in [-0.2, 0) is 9.59 Å². The Morgan fingerprint density at radius 1 is 0.975 bits per heavy atom. The summed E-state index contributed by atoms with van der Waals surface area (Å²) >= 11 is 0. The molecule has 3 N–H and O–H groups in total. The number of hydrogen-bond donors (Lipinski definition) is 3. The van der Waals surface area contributed by atoms with E-state index < -0.39 is 49.6 Å². The molecule has 40 heavy (non-hydrogen) atoms. The van der Waals surface area contributed by atoms with Crippen molar-refractivity contribution < 1.29 is 24.9 Å². The zero-order chi connectivity index (χ0) is 30.8. The smallest absolute Gasteiger partial charge is 0.163 e. The normalized spacial score (nSPS) is 46.4. The van der Waals surface area contributed by atoms with Crippen LogP contribution < -0.4 is 0 Å². The van der Waals surface area contributed by atoms with Crippen molar-refractivity contribution in [3.8, 4) is 0 Å². The van der Waals surface area contributed by atoms with E-state index in [0.29, 0.717) is 18.4 Å². The average molecular weight is 555 g/mol. The van der Waals surface area contributed by atoms with Crippen LogP contribution in [0, 0.1) is 43.3 Å². The van der Waals surface area contributed by atoms with Gasteiger partial charge in [-0.2, -0.15) is 0 Å². The van der Waals surface area contributed by atoms with Gasteiger partial charge in [0.2, 0.25) is 0 Å². The highest BCUT2D eigenvalue weighted by Crippen LogP contribution is 2.83. The molecule has 5 heteroatoms. The van der Waals surface area contributed by atoms with Crippen LogP contribution in [0.4, 0.5) is 0 Å². The molecule has 5 nitrogen and oxygen atoms in total. The van der Waals surface area contributed by atoms with E-state index >= 15 is 0 Å². The molecule has 0 saturated heterocycles. The summed E-state index contributed by atoms with van der Waals surface area (Å²) in [6, 6.07) is 0. The van der Waals surface area contributed by atoms with E-state index in [0.717, 1.165) is 12.0 Å². The fraction of sp³-hybridized carbons (Fsp3) is 0.771. The van der Waals surface area contributed by atoms with Gasteiger partial charge in [-0.1, -0.05) is 99.6 Å². The first kappa shape index (κ1) is 31.4. The summed E-state index contributed by atoms with van der Waals surface area (Å²) in [6.45, 7) is 26.6. The maximum atomic E-state index is 14.9. The van der Waals surface area contributed by atoms with Crippen LogP contribution in [0.3, 0.4) is 0 Å². The molecule has 0 aliphatic heterocycles. The Labute approximate surface area is 242 Å². The van der Waals surface area contributed by atoms with Gasteiger partial charge in [-0.25, -0.2) is 0 Å². The monoisotopic (exact) mass is 554 g/mol. The zero-order valence-electron chi connectivity index (χ0n) is 26.9. The highest BCUT2D eigenvalue weighted by molar-refractivity contribution is 5.94. The van der Waals surface area contributed by atoms with E-state index in [1.807, 2.05) is 33.8 Å². The van der Waals surface area contributed by atoms with Gasteiger partial charge in [0.25, 0.3) is 0 Å². The molecule has 0 heterocycles. The molecule has 0 amide bonds. The van der Waals surface area contributed by atoms with Crippen molar-refractivity contribution in [2.24, 2.45) is 43.3 Å². The van der Waals surface area contributed by atoms with Gasteiger partial charge in [0, 0.05) is 29.1 Å². The van der Waals surface area contributed by atoms with Crippen molar-refractivity contribution in [1.82, 2.24) is 0 Å². The molecule has 4 rings (SSSR count). The van der Waals surface area contributed by atoms with Crippen LogP contribution in [0.5, 0.6) is 0 Å². The second-order valence-electron chi connectivity index (χ2n) is 16.7. The number of aliphatic hydroxyl groups is 3. The largest absolute Gasteiger partial charge is 0.395 e. The number of fused-ring (bicyclic) bond motifs is 5. The Kier molecular flexibility index (Phi) is 6.67. The molecular weight excluding hydrogens is 500 g/mol. The van der Waals surface area contributed by atoms with Gasteiger partial charge in [0.15, 0.2) is 5.78 Å². The zero-order valence-corrected chi connectivity index (χ0v) is 26.9. The summed E-state index contributed by atoms with van der Waals surface area (Å²) in [7, 11) is 0. The topological polar surface area (TPSA) is 94.8 Å². The molecule has 0 radical (unpaired) electrons. The van der Waals surface area contributed by atoms with Crippen LogP contribution in [0.15, 0.2) is 36.0 Å². The summed E-state index contributed by atoms with van der Waals surface area (Å²) in [6.07, 6.45) is 7.31. The number of Topliss-reactive ketones (excluding diaryl/α,β-unsaturated/α-hetero) is 2. The lowest BCUT2D eigenvalue weighted by Crippen LogP contribution is -2.75. The maximum Gasteiger partial charge on any atom is 0.163 e. The van der Waals surface area contributed by atoms with Crippen LogP contribution in [0.1, 0.15) is 108 Å². The lowest BCUT2D eigenvalue weighted by Gasteiger charge is -2.74. The first-order valence-electron chi connectivity index (χ1n) is 15.1. The molecule has 0 aromatic carbocycles. The summed E-state index contributed by atoms with van der Waals surface area (Å²) in [5, 5.41) is 34.6. The first-order chi connectivity index (χ1) is 17.9. The van der Waals surface area contributed by atoms with E-state index in [9.17, 15) is 24.9 Å². The summed E-state index contributed by atoms with van der Waals surface area (Å²) in [5.74, 6) is -0.306. The average Bonchev–Trinajstić information content (AvgIpc) is 3.03. The van der Waals surface area contributed by atoms with Crippen LogP contribution >= 0.6 is 0 Å². The van der Waals surface area contributed by atoms with Gasteiger partial charge in [0.05, 0.1) is 17.6 Å². The summed E-state index contributed by atoms with van der Waals surface area (Å²) in [5.41, 5.74) is -5.15. The van der Waals surface area contributed by atoms with Crippen molar-refractivity contribution in [3.05, 3.63) is 36.0 Å². The van der Waals surface area contributed by atoms with Crippen LogP contribution in [-0.4, -0.2) is 45.2 Å². The molecule has 0 aromatic rings. The van der Waals surface area contributed by atoms with Gasteiger partial charge >= 0.3 is 0 Å². The molecule has 0 bridgehead atoms. The number of aliphatic hydroxyl groups excluding tert-OH is 2. The molecule has 3 fully saturated rings. The van der Waals surface area contributed by atoms with E-state index in [1.54, 1.807) is 0 Å². The van der Waals surface area contributed by atoms with Crippen LogP contribution in [0.25, 0.3) is 0 Å². The number of carbonyl (C=O) groups is 2. The third-order valence-electron chi connectivity index (χ3n) is 13.9. The molecule has 0 spiro atoms. The molecule has 8 atom stereocenters. The van der Waals surface area contributed by atoms with Gasteiger partial charge in [-0.15, -0.1) is 0 Å². The number of allylic oxidation sites excluding steroid dienone is 2. The minimum Gasteiger partial charge on any atom is -0.395 e. The number of ketones is 2. The predicted molar refractivity (Wildman–Crippen MR) is 159 cm³/mol. The van der Waals surface area contributed by atoms with Gasteiger partial charge in [-0.05, 0) is 53.4 Å². The third kappa shape index (κ3) is 3.26. The fourth-order valence-electron chi connectivity index (χ4n) is 10.6. The Morgan fingerprint density at radius 2 is 1.55 bits per heavy atom.